The van der Waals surface area contributed by atoms with Crippen molar-refractivity contribution in [2.75, 3.05) is 20.3 Å². The Kier molecular flexibility index (Phi) is 6.01. The summed E-state index contributed by atoms with van der Waals surface area (Å²) in [5, 5.41) is 11.8. The first-order chi connectivity index (χ1) is 8.10. The third-order valence-corrected chi connectivity index (χ3v) is 3.63. The third-order valence-electron chi connectivity index (χ3n) is 2.11. The first-order valence-electron chi connectivity index (χ1n) is 5.02. The van der Waals surface area contributed by atoms with E-state index in [1.807, 2.05) is 0 Å². The zero-order chi connectivity index (χ0) is 12.8. The number of aliphatic hydroxyl groups is 1. The van der Waals surface area contributed by atoms with E-state index < -0.39 is 0 Å². The second-order valence-electron chi connectivity index (χ2n) is 3.30. The van der Waals surface area contributed by atoms with Crippen LogP contribution in [0.25, 0.3) is 0 Å². The van der Waals surface area contributed by atoms with Gasteiger partial charge in [-0.25, -0.2) is 0 Å². The molecule has 1 aromatic rings. The van der Waals surface area contributed by atoms with Crippen molar-refractivity contribution in [1.82, 2.24) is 5.32 Å². The molecule has 0 saturated heterocycles. The van der Waals surface area contributed by atoms with Crippen LogP contribution >= 0.6 is 34.2 Å². The Labute approximate surface area is 118 Å². The Morgan fingerprint density at radius 2 is 2.29 bits per heavy atom. The van der Waals surface area contributed by atoms with E-state index in [2.05, 4.69) is 27.9 Å². The Bertz CT molecular complexity index is 412. The van der Waals surface area contributed by atoms with Crippen molar-refractivity contribution in [2.45, 2.75) is 6.42 Å². The molecule has 0 heterocycles. The maximum absolute atomic E-state index is 11.8. The van der Waals surface area contributed by atoms with Gasteiger partial charge in [0, 0.05) is 16.7 Å². The van der Waals surface area contributed by atoms with Crippen LogP contribution in [0.1, 0.15) is 16.8 Å². The maximum Gasteiger partial charge on any atom is 0.255 e. The quantitative estimate of drug-likeness (QED) is 0.617. The van der Waals surface area contributed by atoms with E-state index >= 15 is 0 Å². The Morgan fingerprint density at radius 3 is 2.88 bits per heavy atom. The van der Waals surface area contributed by atoms with Crippen molar-refractivity contribution >= 4 is 40.1 Å². The molecule has 1 rings (SSSR count). The normalized spacial score (nSPS) is 10.1. The van der Waals surface area contributed by atoms with Crippen LogP contribution in [0, 0.1) is 3.57 Å². The minimum atomic E-state index is -0.256. The molecule has 0 aliphatic heterocycles. The maximum atomic E-state index is 11.8. The van der Waals surface area contributed by atoms with Crippen molar-refractivity contribution < 1.29 is 14.6 Å². The van der Waals surface area contributed by atoms with E-state index in [1.54, 1.807) is 12.1 Å². The Morgan fingerprint density at radius 1 is 1.59 bits per heavy atom. The summed E-state index contributed by atoms with van der Waals surface area (Å²) < 4.78 is 5.96. The van der Waals surface area contributed by atoms with Crippen molar-refractivity contribution in [2.24, 2.45) is 0 Å². The molecule has 6 heteroatoms. The average molecular weight is 370 g/mol. The van der Waals surface area contributed by atoms with Gasteiger partial charge in [0.1, 0.15) is 5.75 Å². The van der Waals surface area contributed by atoms with Crippen molar-refractivity contribution in [3.8, 4) is 5.75 Å². The van der Waals surface area contributed by atoms with Gasteiger partial charge in [-0.3, -0.25) is 4.79 Å². The van der Waals surface area contributed by atoms with Crippen molar-refractivity contribution in [1.29, 1.82) is 0 Å². The van der Waals surface area contributed by atoms with Crippen LogP contribution in [0.15, 0.2) is 12.1 Å². The van der Waals surface area contributed by atoms with Gasteiger partial charge in [-0.1, -0.05) is 11.6 Å². The first kappa shape index (κ1) is 14.5. The van der Waals surface area contributed by atoms with E-state index in [4.69, 9.17) is 21.4 Å². The molecule has 0 spiro atoms. The van der Waals surface area contributed by atoms with Crippen LogP contribution in [0.2, 0.25) is 5.02 Å². The van der Waals surface area contributed by atoms with Crippen molar-refractivity contribution in [3.63, 3.8) is 0 Å². The molecule has 2 N–H and O–H groups in total. The highest BCUT2D eigenvalue weighted by Crippen LogP contribution is 2.28. The summed E-state index contributed by atoms with van der Waals surface area (Å²) in [5.41, 5.74) is 0.399. The predicted molar refractivity (Wildman–Crippen MR) is 74.8 cm³/mol. The largest absolute Gasteiger partial charge is 0.496 e. The minimum absolute atomic E-state index is 0.0465. The van der Waals surface area contributed by atoms with Crippen LogP contribution in [0.3, 0.4) is 0 Å². The van der Waals surface area contributed by atoms with E-state index in [0.29, 0.717) is 29.3 Å². The highest BCUT2D eigenvalue weighted by Gasteiger charge is 2.14. The summed E-state index contributed by atoms with van der Waals surface area (Å²) in [6, 6.07) is 3.29. The lowest BCUT2D eigenvalue weighted by molar-refractivity contribution is 0.0948. The van der Waals surface area contributed by atoms with Gasteiger partial charge >= 0.3 is 0 Å². The summed E-state index contributed by atoms with van der Waals surface area (Å²) in [6.45, 7) is 0.465. The lowest BCUT2D eigenvalue weighted by Crippen LogP contribution is -2.25. The number of rotatable bonds is 5. The average Bonchev–Trinajstić information content (AvgIpc) is 2.32. The van der Waals surface area contributed by atoms with Crippen LogP contribution in [-0.4, -0.2) is 31.3 Å². The predicted octanol–water partition coefficient (Wildman–Crippen LogP) is 2.07. The number of carbonyl (C=O) groups is 1. The zero-order valence-corrected chi connectivity index (χ0v) is 12.2. The van der Waals surface area contributed by atoms with Gasteiger partial charge in [-0.2, -0.15) is 0 Å². The number of nitrogens with one attached hydrogen (secondary N) is 1. The van der Waals surface area contributed by atoms with Crippen LogP contribution in [0.4, 0.5) is 0 Å². The smallest absolute Gasteiger partial charge is 0.255 e. The first-order valence-corrected chi connectivity index (χ1v) is 6.48. The molecule has 17 heavy (non-hydrogen) atoms. The van der Waals surface area contributed by atoms with Crippen molar-refractivity contribution in [3.05, 3.63) is 26.3 Å². The minimum Gasteiger partial charge on any atom is -0.496 e. The highest BCUT2D eigenvalue weighted by molar-refractivity contribution is 14.1. The molecule has 94 valence electrons. The summed E-state index contributed by atoms with van der Waals surface area (Å²) in [5.74, 6) is 0.230. The molecule has 0 aromatic heterocycles. The molecule has 4 nitrogen and oxygen atoms in total. The van der Waals surface area contributed by atoms with Gasteiger partial charge in [0.2, 0.25) is 0 Å². The molecule has 0 aliphatic rings. The van der Waals surface area contributed by atoms with Crippen LogP contribution in [-0.2, 0) is 0 Å². The number of carbonyl (C=O) groups excluding carboxylic acids is 1. The summed E-state index contributed by atoms with van der Waals surface area (Å²) in [6.07, 6.45) is 0.520. The van der Waals surface area contributed by atoms with E-state index in [9.17, 15) is 4.79 Å². The number of amides is 1. The fourth-order valence-electron chi connectivity index (χ4n) is 1.25. The lowest BCUT2D eigenvalue weighted by atomic mass is 10.2. The van der Waals surface area contributed by atoms with Gasteiger partial charge < -0.3 is 15.2 Å². The number of hydrogen-bond acceptors (Lipinski definition) is 3. The van der Waals surface area contributed by atoms with Gasteiger partial charge in [0.15, 0.2) is 0 Å². The SMILES string of the molecule is COc1cc(I)c(Cl)cc1C(=O)NCCCO. The molecule has 0 radical (unpaired) electrons. The van der Waals surface area contributed by atoms with E-state index in [0.717, 1.165) is 3.57 Å². The summed E-state index contributed by atoms with van der Waals surface area (Å²) in [7, 11) is 1.50. The second kappa shape index (κ2) is 7.03. The number of benzene rings is 1. The zero-order valence-electron chi connectivity index (χ0n) is 9.30. The number of aliphatic hydroxyl groups excluding tert-OH is 1. The fraction of sp³-hybridized carbons (Fsp3) is 0.364. The molecule has 0 fully saturated rings. The molecule has 0 atom stereocenters. The molecule has 0 bridgehead atoms. The van der Waals surface area contributed by atoms with Crippen LogP contribution in [0.5, 0.6) is 5.75 Å². The number of hydrogen-bond donors (Lipinski definition) is 2. The number of ether oxygens (including phenoxy) is 1. The monoisotopic (exact) mass is 369 g/mol. The molecule has 0 aliphatic carbocycles. The number of methoxy groups -OCH3 is 1. The highest BCUT2D eigenvalue weighted by atomic mass is 127. The molecule has 0 unspecified atom stereocenters. The Balaban J connectivity index is 2.88. The third kappa shape index (κ3) is 4.01. The topological polar surface area (TPSA) is 58.6 Å². The molecule has 0 saturated carbocycles. The number of halogens is 2. The molecule has 1 amide bonds. The fourth-order valence-corrected chi connectivity index (χ4v) is 1.85. The molecular formula is C11H13ClINO3. The summed E-state index contributed by atoms with van der Waals surface area (Å²) >= 11 is 8.04. The van der Waals surface area contributed by atoms with Gasteiger partial charge in [0.05, 0.1) is 17.7 Å². The standard InChI is InChI=1S/C11H13ClINO3/c1-17-10-6-9(13)8(12)5-7(10)11(16)14-3-2-4-15/h5-6,15H,2-4H2,1H3,(H,14,16). The second-order valence-corrected chi connectivity index (χ2v) is 4.87. The van der Waals surface area contributed by atoms with Gasteiger partial charge in [-0.05, 0) is 41.1 Å². The summed E-state index contributed by atoms with van der Waals surface area (Å²) in [4.78, 5) is 11.8. The van der Waals surface area contributed by atoms with Gasteiger partial charge in [0.25, 0.3) is 5.91 Å². The lowest BCUT2D eigenvalue weighted by Gasteiger charge is -2.10. The Hall–Kier alpha value is -0.530. The van der Waals surface area contributed by atoms with E-state index in [-0.39, 0.29) is 12.5 Å². The molecular weight excluding hydrogens is 356 g/mol. The molecule has 1 aromatic carbocycles. The van der Waals surface area contributed by atoms with Crippen LogP contribution < -0.4 is 10.1 Å². The van der Waals surface area contributed by atoms with E-state index in [1.165, 1.54) is 7.11 Å². The van der Waals surface area contributed by atoms with Gasteiger partial charge in [-0.15, -0.1) is 0 Å².